The third-order valence-corrected chi connectivity index (χ3v) is 17.2. The molecule has 0 spiro atoms. The molecule has 0 fully saturated rings. The summed E-state index contributed by atoms with van der Waals surface area (Å²) in [4.78, 5) is 21.7. The van der Waals surface area contributed by atoms with Crippen molar-refractivity contribution in [2.75, 3.05) is 27.8 Å². The van der Waals surface area contributed by atoms with Crippen LogP contribution in [0.15, 0.2) is 141 Å². The lowest BCUT2D eigenvalue weighted by molar-refractivity contribution is -0.665. The molecule has 1 N–H and O–H groups in total. The number of rotatable bonds is 12. The molecule has 0 aliphatic carbocycles. The second kappa shape index (κ2) is 18.4. The van der Waals surface area contributed by atoms with Gasteiger partial charge in [0, 0.05) is 56.4 Å². The quantitative estimate of drug-likeness (QED) is 0.122. The van der Waals surface area contributed by atoms with Gasteiger partial charge in [-0.05, 0) is 130 Å². The number of aryl methyl sites for hydroxylation is 2. The second-order valence-corrected chi connectivity index (χ2v) is 21.2. The Kier molecular flexibility index (Phi) is 12.4. The number of halogens is 2. The summed E-state index contributed by atoms with van der Waals surface area (Å²) >= 11 is 20.0. The zero-order chi connectivity index (χ0) is 45.8. The number of anilines is 4. The zero-order valence-corrected chi connectivity index (χ0v) is 41.9. The third-order valence-electron chi connectivity index (χ3n) is 12.3. The SMILES string of the molecule is CCN1C(=Cc2sc3ccc(Cl)cc3[n+]2CC)Sc2ccc(-c3ccc(N(c4ccc(-c5ccc6c(c5)N(CC)C(=Cc5sc7ccc(Cl)cc7[n+]5CC)S6)cc4)C(C)C(=O)O)cc3)cc21. The Morgan fingerprint density at radius 2 is 1.02 bits per heavy atom. The lowest BCUT2D eigenvalue weighted by Gasteiger charge is -2.29. The molecular formula is C53H47Cl2N5O2S4+2. The van der Waals surface area contributed by atoms with E-state index >= 15 is 0 Å². The number of benzene rings is 6. The molecule has 4 heterocycles. The van der Waals surface area contributed by atoms with E-state index in [1.165, 1.54) is 50.6 Å². The molecule has 66 heavy (non-hydrogen) atoms. The van der Waals surface area contributed by atoms with Gasteiger partial charge in [0.2, 0.25) is 11.0 Å². The number of hydrogen-bond donors (Lipinski definition) is 1. The minimum absolute atomic E-state index is 0.747. The summed E-state index contributed by atoms with van der Waals surface area (Å²) in [6, 6.07) is 41.3. The number of thioether (sulfide) groups is 2. The lowest BCUT2D eigenvalue weighted by atomic mass is 10.0. The van der Waals surface area contributed by atoms with Crippen LogP contribution in [0.3, 0.4) is 0 Å². The Hall–Kier alpha value is -5.27. The summed E-state index contributed by atoms with van der Waals surface area (Å²) in [5.41, 5.74) is 10.7. The van der Waals surface area contributed by atoms with E-state index in [0.29, 0.717) is 0 Å². The van der Waals surface area contributed by atoms with E-state index in [1.807, 2.05) is 41.3 Å². The molecule has 2 aromatic heterocycles. The highest BCUT2D eigenvalue weighted by molar-refractivity contribution is 8.04. The molecule has 10 rings (SSSR count). The number of carbonyl (C=O) groups is 1. The summed E-state index contributed by atoms with van der Waals surface area (Å²) in [5.74, 6) is -0.893. The number of carboxylic acid groups (broad SMARTS) is 1. The van der Waals surface area contributed by atoms with Crippen LogP contribution >= 0.6 is 69.4 Å². The Balaban J connectivity index is 0.892. The first kappa shape index (κ1) is 44.6. The number of fused-ring (bicyclic) bond motifs is 4. The van der Waals surface area contributed by atoms with E-state index in [0.717, 1.165) is 80.9 Å². The first-order chi connectivity index (χ1) is 32.0. The number of aliphatic carboxylic acids is 1. The molecule has 1 unspecified atom stereocenters. The first-order valence-corrected chi connectivity index (χ1v) is 26.2. The maximum absolute atomic E-state index is 12.6. The van der Waals surface area contributed by atoms with Crippen molar-refractivity contribution < 1.29 is 19.0 Å². The van der Waals surface area contributed by atoms with Crippen LogP contribution in [0, 0.1) is 0 Å². The minimum atomic E-state index is -0.893. The van der Waals surface area contributed by atoms with Crippen molar-refractivity contribution in [3.05, 3.63) is 151 Å². The average molecular weight is 985 g/mol. The highest BCUT2D eigenvalue weighted by atomic mass is 35.5. The van der Waals surface area contributed by atoms with Gasteiger partial charge < -0.3 is 19.8 Å². The molecular weight excluding hydrogens is 938 g/mol. The molecule has 6 aromatic carbocycles. The molecule has 0 radical (unpaired) electrons. The van der Waals surface area contributed by atoms with Gasteiger partial charge in [0.05, 0.1) is 33.6 Å². The van der Waals surface area contributed by atoms with Gasteiger partial charge in [-0.2, -0.15) is 9.13 Å². The Morgan fingerprint density at radius 3 is 1.39 bits per heavy atom. The third kappa shape index (κ3) is 8.18. The molecule has 2 aliphatic rings. The van der Waals surface area contributed by atoms with E-state index in [9.17, 15) is 9.90 Å². The van der Waals surface area contributed by atoms with Gasteiger partial charge >= 0.3 is 5.97 Å². The molecule has 13 heteroatoms. The van der Waals surface area contributed by atoms with Crippen molar-refractivity contribution in [3.8, 4) is 22.3 Å². The lowest BCUT2D eigenvalue weighted by Crippen LogP contribution is -2.35. The van der Waals surface area contributed by atoms with Crippen molar-refractivity contribution in [2.24, 2.45) is 0 Å². The summed E-state index contributed by atoms with van der Waals surface area (Å²) in [7, 11) is 0. The van der Waals surface area contributed by atoms with E-state index in [1.54, 1.807) is 53.1 Å². The Labute approximate surface area is 411 Å². The van der Waals surface area contributed by atoms with Gasteiger partial charge in [-0.25, -0.2) is 4.79 Å². The van der Waals surface area contributed by atoms with Crippen LogP contribution in [0.25, 0.3) is 54.8 Å². The molecule has 0 amide bonds. The highest BCUT2D eigenvalue weighted by Crippen LogP contribution is 2.50. The smallest absolute Gasteiger partial charge is 0.326 e. The van der Waals surface area contributed by atoms with Crippen molar-refractivity contribution in [1.82, 2.24) is 0 Å². The van der Waals surface area contributed by atoms with Crippen LogP contribution in [0.1, 0.15) is 44.6 Å². The van der Waals surface area contributed by atoms with Crippen LogP contribution in [-0.2, 0) is 17.9 Å². The van der Waals surface area contributed by atoms with Crippen molar-refractivity contribution in [3.63, 3.8) is 0 Å². The van der Waals surface area contributed by atoms with Crippen LogP contribution in [0.4, 0.5) is 22.7 Å². The van der Waals surface area contributed by atoms with Crippen LogP contribution in [0.5, 0.6) is 0 Å². The van der Waals surface area contributed by atoms with Crippen LogP contribution in [0.2, 0.25) is 10.0 Å². The standard InChI is InChI=1S/C53H46Cl2N5O2S4/c1-6-56-41-26-35(14-22-45(41)63-49(56)30-51-58(8-3)43-28-37(54)16-24-47(43)65-51)33-10-18-39(19-11-33)60(32(5)53(61)62)40-20-12-34(13-21-40)36-15-23-46-42(27-36)57(7-2)50(64-46)31-52-59(9-4)44-29-38(55)17-25-48(44)66-52/h10-32H,6-9H2,1-5H3/q+1/p+1. The van der Waals surface area contributed by atoms with Gasteiger partial charge in [-0.15, -0.1) is 0 Å². The van der Waals surface area contributed by atoms with E-state index in [4.69, 9.17) is 23.2 Å². The van der Waals surface area contributed by atoms with E-state index in [-0.39, 0.29) is 0 Å². The van der Waals surface area contributed by atoms with Crippen molar-refractivity contribution in [2.45, 2.75) is 63.5 Å². The number of thiazole rings is 2. The minimum Gasteiger partial charge on any atom is -0.480 e. The summed E-state index contributed by atoms with van der Waals surface area (Å²) in [6.07, 6.45) is 4.61. The van der Waals surface area contributed by atoms with Crippen molar-refractivity contribution >= 4 is 131 Å². The summed E-state index contributed by atoms with van der Waals surface area (Å²) < 4.78 is 7.11. The van der Waals surface area contributed by atoms with Gasteiger partial charge in [0.25, 0.3) is 10.0 Å². The second-order valence-electron chi connectivity index (χ2n) is 16.1. The average Bonchev–Trinajstić information content (AvgIpc) is 4.07. The maximum Gasteiger partial charge on any atom is 0.326 e. The number of aromatic nitrogens is 2. The highest BCUT2D eigenvalue weighted by Gasteiger charge is 2.30. The number of nitrogens with zero attached hydrogens (tertiary/aromatic N) is 5. The van der Waals surface area contributed by atoms with Crippen LogP contribution < -0.4 is 23.8 Å². The molecule has 0 saturated heterocycles. The van der Waals surface area contributed by atoms with Crippen molar-refractivity contribution in [1.29, 1.82) is 0 Å². The van der Waals surface area contributed by atoms with E-state index in [2.05, 4.69) is 144 Å². The number of carboxylic acids is 1. The molecule has 2 aliphatic heterocycles. The fraction of sp³-hybridized carbons (Fsp3) is 0.189. The first-order valence-electron chi connectivity index (χ1n) is 22.1. The molecule has 1 atom stereocenters. The maximum atomic E-state index is 12.6. The Morgan fingerprint density at radius 1 is 0.606 bits per heavy atom. The van der Waals surface area contributed by atoms with Gasteiger partial charge in [0.15, 0.2) is 0 Å². The normalized spacial score (nSPS) is 15.1. The van der Waals surface area contributed by atoms with E-state index < -0.39 is 12.0 Å². The largest absolute Gasteiger partial charge is 0.480 e. The van der Waals surface area contributed by atoms with Crippen LogP contribution in [-0.4, -0.2) is 30.2 Å². The molecule has 8 aromatic rings. The fourth-order valence-corrected chi connectivity index (χ4v) is 14.0. The fourth-order valence-electron chi connectivity index (χ4n) is 8.99. The predicted octanol–water partition coefficient (Wildman–Crippen LogP) is 14.8. The molecule has 0 saturated carbocycles. The summed E-state index contributed by atoms with van der Waals surface area (Å²) in [6.45, 7) is 13.9. The van der Waals surface area contributed by atoms with Gasteiger partial charge in [0.1, 0.15) is 28.5 Å². The molecule has 7 nitrogen and oxygen atoms in total. The van der Waals surface area contributed by atoms with Gasteiger partial charge in [-0.3, -0.25) is 0 Å². The monoisotopic (exact) mass is 983 g/mol. The molecule has 332 valence electrons. The predicted molar refractivity (Wildman–Crippen MR) is 282 cm³/mol. The van der Waals surface area contributed by atoms with Gasteiger partial charge in [-0.1, -0.05) is 106 Å². The zero-order valence-electron chi connectivity index (χ0n) is 37.1. The molecule has 0 bridgehead atoms. The summed E-state index contributed by atoms with van der Waals surface area (Å²) in [5, 5.41) is 16.6. The topological polar surface area (TPSA) is 54.8 Å². The number of hydrogen-bond acceptors (Lipinski definition) is 8. The Bertz CT molecular complexity index is 3050.